The molecule has 0 spiro atoms. The second-order valence-corrected chi connectivity index (χ2v) is 8.81. The van der Waals surface area contributed by atoms with E-state index in [1.807, 2.05) is 6.92 Å². The minimum absolute atomic E-state index is 0.127. The molecule has 1 unspecified atom stereocenters. The van der Waals surface area contributed by atoms with Crippen LogP contribution in [0.1, 0.15) is 30.6 Å². The highest BCUT2D eigenvalue weighted by Gasteiger charge is 2.38. The van der Waals surface area contributed by atoms with Gasteiger partial charge in [-0.1, -0.05) is 22.9 Å². The molecule has 1 amide bonds. The van der Waals surface area contributed by atoms with Crippen LogP contribution in [-0.2, 0) is 24.3 Å². The Morgan fingerprint density at radius 2 is 1.97 bits per heavy atom. The second kappa shape index (κ2) is 8.75. The van der Waals surface area contributed by atoms with E-state index in [1.165, 1.54) is 22.5 Å². The molecule has 1 saturated heterocycles. The summed E-state index contributed by atoms with van der Waals surface area (Å²) in [6.07, 6.45) is 1.69. The first-order valence-corrected chi connectivity index (χ1v) is 10.7. The molecule has 2 aromatic rings. The molecule has 29 heavy (non-hydrogen) atoms. The highest BCUT2D eigenvalue weighted by Crippen LogP contribution is 2.26. The van der Waals surface area contributed by atoms with Gasteiger partial charge < -0.3 is 14.6 Å². The topological polar surface area (TPSA) is 119 Å². The zero-order valence-electron chi connectivity index (χ0n) is 16.3. The van der Waals surface area contributed by atoms with E-state index in [4.69, 9.17) is 9.26 Å². The van der Waals surface area contributed by atoms with Crippen molar-refractivity contribution < 1.29 is 27.3 Å². The Bertz CT molecular complexity index is 984. The van der Waals surface area contributed by atoms with E-state index in [0.717, 1.165) is 5.56 Å². The Kier molecular flexibility index (Phi) is 6.33. The van der Waals surface area contributed by atoms with Crippen molar-refractivity contribution in [2.75, 3.05) is 18.5 Å². The van der Waals surface area contributed by atoms with Crippen LogP contribution in [0.4, 0.5) is 5.82 Å². The van der Waals surface area contributed by atoms with Crippen LogP contribution in [0.15, 0.2) is 39.8 Å². The lowest BCUT2D eigenvalue weighted by Crippen LogP contribution is -2.48. The number of aryl methyl sites for hydroxylation is 2. The van der Waals surface area contributed by atoms with E-state index < -0.39 is 34.5 Å². The van der Waals surface area contributed by atoms with Crippen molar-refractivity contribution >= 4 is 27.7 Å². The molecule has 1 aromatic carbocycles. The van der Waals surface area contributed by atoms with Gasteiger partial charge in [0, 0.05) is 12.6 Å². The number of carbonyl (C=O) groups is 2. The summed E-state index contributed by atoms with van der Waals surface area (Å²) in [5.41, 5.74) is 0.937. The quantitative estimate of drug-likeness (QED) is 0.709. The third kappa shape index (κ3) is 5.01. The number of carbonyl (C=O) groups excluding carboxylic acids is 2. The van der Waals surface area contributed by atoms with Crippen LogP contribution in [0.3, 0.4) is 0 Å². The lowest BCUT2D eigenvalue weighted by atomic mass is 10.1. The Morgan fingerprint density at radius 3 is 2.62 bits per heavy atom. The Morgan fingerprint density at radius 1 is 1.24 bits per heavy atom. The number of sulfonamides is 1. The molecule has 1 aliphatic heterocycles. The molecule has 1 aliphatic rings. The summed E-state index contributed by atoms with van der Waals surface area (Å²) in [4.78, 5) is 24.6. The van der Waals surface area contributed by atoms with E-state index in [9.17, 15) is 18.0 Å². The molecule has 1 atom stereocenters. The summed E-state index contributed by atoms with van der Waals surface area (Å²) < 4.78 is 37.1. The fourth-order valence-corrected chi connectivity index (χ4v) is 4.76. The van der Waals surface area contributed by atoms with Crippen molar-refractivity contribution in [1.29, 1.82) is 0 Å². The lowest BCUT2D eigenvalue weighted by Gasteiger charge is -2.32. The summed E-state index contributed by atoms with van der Waals surface area (Å²) in [5, 5.41) is 6.06. The van der Waals surface area contributed by atoms with Crippen molar-refractivity contribution in [2.24, 2.45) is 0 Å². The van der Waals surface area contributed by atoms with Crippen LogP contribution in [0.5, 0.6) is 0 Å². The van der Waals surface area contributed by atoms with Crippen molar-refractivity contribution in [3.8, 4) is 0 Å². The van der Waals surface area contributed by atoms with Crippen LogP contribution in [0.25, 0.3) is 0 Å². The van der Waals surface area contributed by atoms with Gasteiger partial charge in [-0.3, -0.25) is 9.59 Å². The Hall–Kier alpha value is -2.72. The number of hydrogen-bond acceptors (Lipinski definition) is 7. The first-order chi connectivity index (χ1) is 13.8. The molecule has 2 heterocycles. The van der Waals surface area contributed by atoms with Gasteiger partial charge in [0.2, 0.25) is 10.0 Å². The number of nitrogens with zero attached hydrogens (tertiary/aromatic N) is 2. The van der Waals surface area contributed by atoms with Gasteiger partial charge >= 0.3 is 5.97 Å². The molecule has 0 aliphatic carbocycles. The van der Waals surface area contributed by atoms with Crippen molar-refractivity contribution in [3.05, 3.63) is 41.7 Å². The van der Waals surface area contributed by atoms with Crippen LogP contribution in [0.2, 0.25) is 0 Å². The zero-order chi connectivity index (χ0) is 21.0. The average molecular weight is 421 g/mol. The molecule has 0 saturated carbocycles. The van der Waals surface area contributed by atoms with E-state index in [2.05, 4.69) is 10.5 Å². The van der Waals surface area contributed by atoms with Gasteiger partial charge in [0.05, 0.1) is 4.90 Å². The van der Waals surface area contributed by atoms with Crippen molar-refractivity contribution in [1.82, 2.24) is 9.46 Å². The minimum atomic E-state index is -3.85. The van der Waals surface area contributed by atoms with Crippen molar-refractivity contribution in [3.63, 3.8) is 0 Å². The van der Waals surface area contributed by atoms with Gasteiger partial charge in [0.15, 0.2) is 12.4 Å². The van der Waals surface area contributed by atoms with E-state index in [1.54, 1.807) is 19.1 Å². The maximum Gasteiger partial charge on any atom is 0.324 e. The predicted molar refractivity (Wildman–Crippen MR) is 104 cm³/mol. The number of nitrogens with one attached hydrogen (secondary N) is 1. The van der Waals surface area contributed by atoms with Gasteiger partial charge in [-0.05, 0) is 45.2 Å². The number of piperidine rings is 1. The molecule has 0 bridgehead atoms. The average Bonchev–Trinajstić information content (AvgIpc) is 3.11. The van der Waals surface area contributed by atoms with Gasteiger partial charge in [0.25, 0.3) is 5.91 Å². The molecule has 1 aromatic heterocycles. The molecule has 156 valence electrons. The van der Waals surface area contributed by atoms with Crippen LogP contribution in [-0.4, -0.2) is 48.9 Å². The molecule has 9 nitrogen and oxygen atoms in total. The summed E-state index contributed by atoms with van der Waals surface area (Å²) in [6, 6.07) is 7.03. The maximum absolute atomic E-state index is 13.0. The smallest absolute Gasteiger partial charge is 0.324 e. The lowest BCUT2D eigenvalue weighted by molar-refractivity contribution is -0.152. The molecular formula is C19H23N3O6S. The molecule has 1 fully saturated rings. The number of ether oxygens (including phenoxy) is 1. The highest BCUT2D eigenvalue weighted by atomic mass is 32.2. The Labute approximate surface area is 169 Å². The number of anilines is 1. The first kappa shape index (κ1) is 21.0. The van der Waals surface area contributed by atoms with Gasteiger partial charge in [-0.15, -0.1) is 0 Å². The van der Waals surface area contributed by atoms with Crippen LogP contribution >= 0.6 is 0 Å². The summed E-state index contributed by atoms with van der Waals surface area (Å²) in [7, 11) is -3.85. The summed E-state index contributed by atoms with van der Waals surface area (Å²) in [6.45, 7) is 3.22. The van der Waals surface area contributed by atoms with Gasteiger partial charge in [-0.2, -0.15) is 4.31 Å². The number of hydrogen-bond donors (Lipinski definition) is 1. The van der Waals surface area contributed by atoms with E-state index in [0.29, 0.717) is 25.0 Å². The number of rotatable bonds is 6. The monoisotopic (exact) mass is 421 g/mol. The molecular weight excluding hydrogens is 398 g/mol. The maximum atomic E-state index is 13.0. The normalized spacial score (nSPS) is 17.7. The van der Waals surface area contributed by atoms with Gasteiger partial charge in [-0.25, -0.2) is 8.42 Å². The van der Waals surface area contributed by atoms with E-state index in [-0.39, 0.29) is 17.3 Å². The van der Waals surface area contributed by atoms with E-state index >= 15 is 0 Å². The third-order valence-corrected chi connectivity index (χ3v) is 6.52. The van der Waals surface area contributed by atoms with Crippen LogP contribution < -0.4 is 5.32 Å². The molecule has 0 radical (unpaired) electrons. The predicted octanol–water partition coefficient (Wildman–Crippen LogP) is 2.02. The highest BCUT2D eigenvalue weighted by molar-refractivity contribution is 7.89. The summed E-state index contributed by atoms with van der Waals surface area (Å²) >= 11 is 0. The Balaban J connectivity index is 1.66. The molecule has 3 rings (SSSR count). The summed E-state index contributed by atoms with van der Waals surface area (Å²) in [5.74, 6) is -0.594. The number of aromatic nitrogens is 1. The standard InChI is InChI=1S/C19H23N3O6S/c1-13-6-8-15(9-7-13)29(25,26)22-10-4-3-5-16(22)19(24)27-12-18(23)20-17-11-14(2)28-21-17/h6-9,11,16H,3-5,10,12H2,1-2H3,(H,20,21,23). The second-order valence-electron chi connectivity index (χ2n) is 6.92. The molecule has 1 N–H and O–H groups in total. The van der Waals surface area contributed by atoms with Gasteiger partial charge in [0.1, 0.15) is 11.8 Å². The number of amides is 1. The fourth-order valence-electron chi connectivity index (χ4n) is 3.11. The number of benzene rings is 1. The molecule has 10 heteroatoms. The zero-order valence-corrected chi connectivity index (χ0v) is 17.1. The SMILES string of the molecule is Cc1ccc(S(=O)(=O)N2CCCCC2C(=O)OCC(=O)Nc2cc(C)on2)cc1. The largest absolute Gasteiger partial charge is 0.454 e. The van der Waals surface area contributed by atoms with Crippen LogP contribution in [0, 0.1) is 13.8 Å². The fraction of sp³-hybridized carbons (Fsp3) is 0.421. The van der Waals surface area contributed by atoms with Crippen molar-refractivity contribution in [2.45, 2.75) is 44.0 Å². The number of esters is 1. The third-order valence-electron chi connectivity index (χ3n) is 4.59. The minimum Gasteiger partial charge on any atom is -0.454 e. The first-order valence-electron chi connectivity index (χ1n) is 9.26.